The highest BCUT2D eigenvalue weighted by atomic mass is 35.5. The van der Waals surface area contributed by atoms with E-state index in [1.165, 1.54) is 0 Å². The summed E-state index contributed by atoms with van der Waals surface area (Å²) in [6, 6.07) is 15.8. The Morgan fingerprint density at radius 2 is 2.07 bits per heavy atom. The lowest BCUT2D eigenvalue weighted by Crippen LogP contribution is -2.27. The summed E-state index contributed by atoms with van der Waals surface area (Å²) in [6.45, 7) is 2.87. The molecule has 142 valence electrons. The first-order valence-corrected chi connectivity index (χ1v) is 9.54. The molecule has 3 rings (SSSR count). The molecule has 0 saturated heterocycles. The second-order valence-electron chi connectivity index (χ2n) is 6.72. The molecule has 0 bridgehead atoms. The third kappa shape index (κ3) is 5.31. The number of benzene rings is 2. The Bertz CT molecular complexity index is 921. The van der Waals surface area contributed by atoms with Crippen molar-refractivity contribution in [3.05, 3.63) is 64.9 Å². The van der Waals surface area contributed by atoms with Gasteiger partial charge in [0.25, 0.3) is 0 Å². The second-order valence-corrected chi connectivity index (χ2v) is 7.16. The minimum absolute atomic E-state index is 0.0478. The van der Waals surface area contributed by atoms with Gasteiger partial charge in [-0.3, -0.25) is 4.79 Å². The molecule has 3 aromatic rings. The van der Waals surface area contributed by atoms with E-state index in [4.69, 9.17) is 16.6 Å². The van der Waals surface area contributed by atoms with Crippen molar-refractivity contribution in [3.8, 4) is 0 Å². The molecular formula is C21H24ClN3O2. The van der Waals surface area contributed by atoms with Crippen molar-refractivity contribution in [2.75, 3.05) is 6.54 Å². The molecule has 1 aromatic heterocycles. The summed E-state index contributed by atoms with van der Waals surface area (Å²) >= 11 is 6.12. The van der Waals surface area contributed by atoms with Crippen molar-refractivity contribution in [2.24, 2.45) is 0 Å². The lowest BCUT2D eigenvalue weighted by Gasteiger charge is -2.11. The molecule has 0 saturated carbocycles. The molecule has 6 heteroatoms. The number of amides is 1. The Kier molecular flexibility index (Phi) is 6.48. The fraction of sp³-hybridized carbons (Fsp3) is 0.333. The maximum absolute atomic E-state index is 11.9. The van der Waals surface area contributed by atoms with Gasteiger partial charge in [0.1, 0.15) is 5.82 Å². The Morgan fingerprint density at radius 3 is 2.85 bits per heavy atom. The molecule has 1 unspecified atom stereocenters. The number of nitrogens with one attached hydrogen (secondary N) is 1. The second kappa shape index (κ2) is 9.02. The summed E-state index contributed by atoms with van der Waals surface area (Å²) in [5, 5.41) is 12.9. The molecule has 0 spiro atoms. The molecule has 5 nitrogen and oxygen atoms in total. The van der Waals surface area contributed by atoms with E-state index in [2.05, 4.69) is 16.0 Å². The average Bonchev–Trinajstić information content (AvgIpc) is 2.98. The van der Waals surface area contributed by atoms with Gasteiger partial charge in [0.15, 0.2) is 0 Å². The number of rotatable bonds is 8. The van der Waals surface area contributed by atoms with Crippen LogP contribution in [0.5, 0.6) is 0 Å². The van der Waals surface area contributed by atoms with Crippen molar-refractivity contribution in [1.29, 1.82) is 0 Å². The first kappa shape index (κ1) is 19.4. The number of carbonyl (C=O) groups is 1. The molecule has 0 aliphatic carbocycles. The minimum atomic E-state index is -0.461. The van der Waals surface area contributed by atoms with Crippen LogP contribution in [0.2, 0.25) is 5.02 Å². The van der Waals surface area contributed by atoms with Crippen LogP contribution in [0, 0.1) is 0 Å². The van der Waals surface area contributed by atoms with Crippen molar-refractivity contribution >= 4 is 28.5 Å². The van der Waals surface area contributed by atoms with Crippen LogP contribution >= 0.6 is 11.6 Å². The topological polar surface area (TPSA) is 67.2 Å². The standard InChI is InChI=1S/C21H24ClN3O2/c1-15(26)9-10-21(27)23-12-11-20-24-18-7-2-3-8-19(18)25(20)14-16-5-4-6-17(22)13-16/h2-8,13,15,26H,9-12,14H2,1H3,(H,23,27). The zero-order valence-corrected chi connectivity index (χ0v) is 16.1. The number of carbonyl (C=O) groups excluding carboxylic acids is 1. The van der Waals surface area contributed by atoms with E-state index < -0.39 is 6.10 Å². The number of hydrogen-bond donors (Lipinski definition) is 2. The predicted molar refractivity (Wildman–Crippen MR) is 108 cm³/mol. The number of aliphatic hydroxyl groups is 1. The summed E-state index contributed by atoms with van der Waals surface area (Å²) in [6.07, 6.45) is 0.975. The SMILES string of the molecule is CC(O)CCC(=O)NCCc1nc2ccccc2n1Cc1cccc(Cl)c1. The van der Waals surface area contributed by atoms with E-state index >= 15 is 0 Å². The molecule has 1 heterocycles. The highest BCUT2D eigenvalue weighted by molar-refractivity contribution is 6.30. The fourth-order valence-electron chi connectivity index (χ4n) is 3.05. The zero-order chi connectivity index (χ0) is 19.2. The van der Waals surface area contributed by atoms with Gasteiger partial charge in [0, 0.05) is 31.0 Å². The fourth-order valence-corrected chi connectivity index (χ4v) is 3.27. The van der Waals surface area contributed by atoms with Gasteiger partial charge < -0.3 is 15.0 Å². The highest BCUT2D eigenvalue weighted by Gasteiger charge is 2.12. The van der Waals surface area contributed by atoms with Crippen molar-refractivity contribution < 1.29 is 9.90 Å². The van der Waals surface area contributed by atoms with Crippen LogP contribution in [0.25, 0.3) is 11.0 Å². The van der Waals surface area contributed by atoms with Crippen LogP contribution in [-0.2, 0) is 17.8 Å². The van der Waals surface area contributed by atoms with Crippen molar-refractivity contribution in [1.82, 2.24) is 14.9 Å². The molecule has 0 aliphatic rings. The summed E-state index contributed by atoms with van der Waals surface area (Å²) in [4.78, 5) is 16.6. The minimum Gasteiger partial charge on any atom is -0.393 e. The summed E-state index contributed by atoms with van der Waals surface area (Å²) < 4.78 is 2.17. The molecule has 0 fully saturated rings. The molecule has 27 heavy (non-hydrogen) atoms. The first-order chi connectivity index (χ1) is 13.0. The maximum Gasteiger partial charge on any atom is 0.220 e. The van der Waals surface area contributed by atoms with Gasteiger partial charge in [-0.2, -0.15) is 0 Å². The molecule has 0 radical (unpaired) electrons. The highest BCUT2D eigenvalue weighted by Crippen LogP contribution is 2.19. The largest absolute Gasteiger partial charge is 0.393 e. The van der Waals surface area contributed by atoms with Crippen LogP contribution in [0.1, 0.15) is 31.2 Å². The molecule has 1 amide bonds. The molecule has 1 atom stereocenters. The lowest BCUT2D eigenvalue weighted by molar-refractivity contribution is -0.121. The molecular weight excluding hydrogens is 362 g/mol. The van der Waals surface area contributed by atoms with Gasteiger partial charge in [0.05, 0.1) is 17.1 Å². The van der Waals surface area contributed by atoms with Gasteiger partial charge in [-0.15, -0.1) is 0 Å². The van der Waals surface area contributed by atoms with Gasteiger partial charge in [-0.25, -0.2) is 4.98 Å². The Hall–Kier alpha value is -2.37. The van der Waals surface area contributed by atoms with Gasteiger partial charge >= 0.3 is 0 Å². The van der Waals surface area contributed by atoms with E-state index in [1.807, 2.05) is 42.5 Å². The van der Waals surface area contributed by atoms with E-state index in [-0.39, 0.29) is 5.91 Å². The molecule has 2 aromatic carbocycles. The van der Waals surface area contributed by atoms with Crippen LogP contribution in [-0.4, -0.2) is 33.2 Å². The maximum atomic E-state index is 11.9. The number of halogens is 1. The Morgan fingerprint density at radius 1 is 1.26 bits per heavy atom. The number of para-hydroxylation sites is 2. The van der Waals surface area contributed by atoms with Crippen LogP contribution < -0.4 is 5.32 Å². The smallest absolute Gasteiger partial charge is 0.220 e. The van der Waals surface area contributed by atoms with E-state index in [1.54, 1.807) is 6.92 Å². The third-order valence-corrected chi connectivity index (χ3v) is 4.66. The van der Waals surface area contributed by atoms with Crippen molar-refractivity contribution in [2.45, 2.75) is 38.8 Å². The van der Waals surface area contributed by atoms with E-state index in [0.29, 0.717) is 37.4 Å². The number of aromatic nitrogens is 2. The number of nitrogens with zero attached hydrogens (tertiary/aromatic N) is 2. The number of aliphatic hydroxyl groups excluding tert-OH is 1. The van der Waals surface area contributed by atoms with Crippen LogP contribution in [0.15, 0.2) is 48.5 Å². The van der Waals surface area contributed by atoms with Gasteiger partial charge in [-0.05, 0) is 43.2 Å². The molecule has 0 aliphatic heterocycles. The summed E-state index contributed by atoms with van der Waals surface area (Å²) in [7, 11) is 0. The van der Waals surface area contributed by atoms with Crippen molar-refractivity contribution in [3.63, 3.8) is 0 Å². The number of hydrogen-bond acceptors (Lipinski definition) is 3. The predicted octanol–water partition coefficient (Wildman–Crippen LogP) is 3.56. The average molecular weight is 386 g/mol. The van der Waals surface area contributed by atoms with Crippen LogP contribution in [0.3, 0.4) is 0 Å². The zero-order valence-electron chi connectivity index (χ0n) is 15.4. The first-order valence-electron chi connectivity index (χ1n) is 9.16. The van der Waals surface area contributed by atoms with E-state index in [9.17, 15) is 9.90 Å². The summed E-state index contributed by atoms with van der Waals surface area (Å²) in [5.41, 5.74) is 3.11. The lowest BCUT2D eigenvalue weighted by atomic mass is 10.2. The summed E-state index contributed by atoms with van der Waals surface area (Å²) in [5.74, 6) is 0.875. The van der Waals surface area contributed by atoms with Gasteiger partial charge in [0.2, 0.25) is 5.91 Å². The number of fused-ring (bicyclic) bond motifs is 1. The Balaban J connectivity index is 1.73. The normalized spacial score (nSPS) is 12.3. The Labute approximate surface area is 164 Å². The van der Waals surface area contributed by atoms with Crippen LogP contribution in [0.4, 0.5) is 0 Å². The molecule has 2 N–H and O–H groups in total. The van der Waals surface area contributed by atoms with E-state index in [0.717, 1.165) is 22.4 Å². The number of imidazole rings is 1. The quantitative estimate of drug-likeness (QED) is 0.623. The third-order valence-electron chi connectivity index (χ3n) is 4.42. The van der Waals surface area contributed by atoms with Gasteiger partial charge in [-0.1, -0.05) is 35.9 Å². The monoisotopic (exact) mass is 385 g/mol.